The summed E-state index contributed by atoms with van der Waals surface area (Å²) in [7, 11) is 0. The van der Waals surface area contributed by atoms with Crippen molar-refractivity contribution in [3.8, 4) is 0 Å². The van der Waals surface area contributed by atoms with Crippen LogP contribution in [0.15, 0.2) is 0 Å². The van der Waals surface area contributed by atoms with Crippen molar-refractivity contribution in [2.45, 2.75) is 160 Å². The maximum atomic E-state index is 12.8. The van der Waals surface area contributed by atoms with E-state index in [2.05, 4.69) is 52.2 Å². The summed E-state index contributed by atoms with van der Waals surface area (Å²) in [5.41, 5.74) is -0.615. The quantitative estimate of drug-likeness (QED) is 0.223. The van der Waals surface area contributed by atoms with E-state index in [0.717, 1.165) is 44.9 Å². The monoisotopic (exact) mass is 503 g/mol. The molecule has 0 aromatic carbocycles. The molecule has 0 unspecified atom stereocenters. The molecule has 0 aliphatic heterocycles. The predicted molar refractivity (Wildman–Crippen MR) is 156 cm³/mol. The molecule has 0 atom stereocenters. The van der Waals surface area contributed by atoms with Gasteiger partial charge in [0, 0.05) is 25.6 Å². The minimum atomic E-state index is -0.372. The molecule has 0 spiro atoms. The molecule has 0 fully saturated rings. The van der Waals surface area contributed by atoms with Crippen LogP contribution in [0.25, 0.3) is 0 Å². The molecule has 0 aromatic heterocycles. The van der Waals surface area contributed by atoms with E-state index in [1.807, 2.05) is 55.4 Å². The van der Waals surface area contributed by atoms with E-state index >= 15 is 0 Å². The Labute approximate surface area is 221 Å². The van der Waals surface area contributed by atoms with Crippen LogP contribution < -0.4 is 10.6 Å². The first kappa shape index (κ1) is 41.0. The maximum Gasteiger partial charge on any atom is 0.226 e. The van der Waals surface area contributed by atoms with Gasteiger partial charge in [0.2, 0.25) is 11.8 Å². The highest BCUT2D eigenvalue weighted by Crippen LogP contribution is 2.33. The third-order valence-corrected chi connectivity index (χ3v) is 6.38. The van der Waals surface area contributed by atoms with Crippen molar-refractivity contribution in [3.63, 3.8) is 0 Å². The lowest BCUT2D eigenvalue weighted by Crippen LogP contribution is -2.45. The highest BCUT2D eigenvalue weighted by Gasteiger charge is 2.36. The van der Waals surface area contributed by atoms with Gasteiger partial charge in [0.25, 0.3) is 0 Å². The minimum Gasteiger partial charge on any atom is -0.375 e. The Morgan fingerprint density at radius 2 is 1.26 bits per heavy atom. The number of hydrogen-bond donors (Lipinski definition) is 2. The molecule has 5 heteroatoms. The van der Waals surface area contributed by atoms with Gasteiger partial charge in [0.1, 0.15) is 0 Å². The number of rotatable bonds is 16. The molecule has 0 rings (SSSR count). The summed E-state index contributed by atoms with van der Waals surface area (Å²) in [5, 5.41) is 6.13. The second kappa shape index (κ2) is 26.0. The molecule has 5 nitrogen and oxygen atoms in total. The Balaban J connectivity index is -0.000000737. The number of carbonyl (C=O) groups excluding carboxylic acids is 2. The summed E-state index contributed by atoms with van der Waals surface area (Å²) < 4.78 is 6.39. The number of hydrogen-bond acceptors (Lipinski definition) is 3. The van der Waals surface area contributed by atoms with E-state index in [1.54, 1.807) is 0 Å². The predicted octanol–water partition coefficient (Wildman–Crippen LogP) is 8.30. The Bertz CT molecular complexity index is 468. The second-order valence-corrected chi connectivity index (χ2v) is 9.14. The molecule has 0 aliphatic carbocycles. The smallest absolute Gasteiger partial charge is 0.226 e. The molecule has 0 aromatic rings. The summed E-state index contributed by atoms with van der Waals surface area (Å²) in [6, 6.07) is 0.144. The van der Waals surface area contributed by atoms with Gasteiger partial charge in [-0.05, 0) is 64.7 Å². The average molecular weight is 503 g/mol. The Kier molecular flexibility index (Phi) is 30.5. The largest absolute Gasteiger partial charge is 0.375 e. The summed E-state index contributed by atoms with van der Waals surface area (Å²) in [4.78, 5) is 24.8. The fraction of sp³-hybridized carbons (Fsp3) is 0.933. The molecule has 0 aliphatic rings. The maximum absolute atomic E-state index is 12.8. The fourth-order valence-electron chi connectivity index (χ4n) is 3.73. The third kappa shape index (κ3) is 18.8. The van der Waals surface area contributed by atoms with Crippen LogP contribution in [-0.2, 0) is 14.3 Å². The van der Waals surface area contributed by atoms with Gasteiger partial charge in [-0.3, -0.25) is 9.59 Å². The summed E-state index contributed by atoms with van der Waals surface area (Å²) in [5.74, 6) is 0.804. The van der Waals surface area contributed by atoms with E-state index in [1.165, 1.54) is 0 Å². The highest BCUT2D eigenvalue weighted by molar-refractivity contribution is 5.82. The van der Waals surface area contributed by atoms with Gasteiger partial charge >= 0.3 is 0 Å². The molecule has 2 N–H and O–H groups in total. The van der Waals surface area contributed by atoms with E-state index < -0.39 is 0 Å². The number of ether oxygens (including phenoxy) is 1. The van der Waals surface area contributed by atoms with Crippen molar-refractivity contribution in [2.24, 2.45) is 11.3 Å². The van der Waals surface area contributed by atoms with E-state index in [4.69, 9.17) is 4.74 Å². The average Bonchev–Trinajstić information content (AvgIpc) is 2.87. The third-order valence-electron chi connectivity index (χ3n) is 6.38. The molecule has 0 saturated heterocycles. The van der Waals surface area contributed by atoms with Gasteiger partial charge in [-0.15, -0.1) is 0 Å². The molecule has 214 valence electrons. The molecule has 0 radical (unpaired) electrons. The van der Waals surface area contributed by atoms with Crippen molar-refractivity contribution in [2.75, 3.05) is 13.2 Å². The lowest BCUT2D eigenvalue weighted by atomic mass is 9.78. The molecule has 0 bridgehead atoms. The van der Waals surface area contributed by atoms with Crippen molar-refractivity contribution in [3.05, 3.63) is 0 Å². The molecular formula is C30H66N2O3. The molecule has 0 heterocycles. The van der Waals surface area contributed by atoms with Gasteiger partial charge < -0.3 is 15.4 Å². The Hall–Kier alpha value is -1.10. The Morgan fingerprint density at radius 1 is 0.771 bits per heavy atom. The van der Waals surface area contributed by atoms with Crippen LogP contribution >= 0.6 is 0 Å². The van der Waals surface area contributed by atoms with Crippen LogP contribution in [0.1, 0.15) is 148 Å². The summed E-state index contributed by atoms with van der Waals surface area (Å²) in [6.07, 6.45) is 6.44. The first-order valence-electron chi connectivity index (χ1n) is 14.8. The topological polar surface area (TPSA) is 67.4 Å². The SMILES string of the molecule is CC.CC.CC.CCC(CC)(CCNC(=O)CCC(C)C)OCCC(CC)(CC)C(=O)NC(C)C. The van der Waals surface area contributed by atoms with E-state index in [-0.39, 0.29) is 28.9 Å². The number of nitrogens with one attached hydrogen (secondary N) is 2. The highest BCUT2D eigenvalue weighted by atomic mass is 16.5. The zero-order chi connectivity index (χ0) is 28.5. The van der Waals surface area contributed by atoms with Crippen LogP contribution in [0.3, 0.4) is 0 Å². The summed E-state index contributed by atoms with van der Waals surface area (Å²) in [6.45, 7) is 29.9. The number of carbonyl (C=O) groups is 2. The lowest BCUT2D eigenvalue weighted by Gasteiger charge is -2.36. The number of amides is 2. The minimum absolute atomic E-state index is 0.126. The van der Waals surface area contributed by atoms with Crippen LogP contribution in [0.5, 0.6) is 0 Å². The van der Waals surface area contributed by atoms with Gasteiger partial charge in [-0.2, -0.15) is 0 Å². The molecule has 0 saturated carbocycles. The molecule has 2 amide bonds. The van der Waals surface area contributed by atoms with Crippen LogP contribution in [0, 0.1) is 11.3 Å². The fourth-order valence-corrected chi connectivity index (χ4v) is 3.73. The van der Waals surface area contributed by atoms with Crippen molar-refractivity contribution in [1.82, 2.24) is 10.6 Å². The van der Waals surface area contributed by atoms with Crippen molar-refractivity contribution in [1.29, 1.82) is 0 Å². The second-order valence-electron chi connectivity index (χ2n) is 9.14. The first-order chi connectivity index (χ1) is 16.6. The van der Waals surface area contributed by atoms with Crippen LogP contribution in [-0.4, -0.2) is 36.6 Å². The molecular weight excluding hydrogens is 436 g/mol. The van der Waals surface area contributed by atoms with Gasteiger partial charge in [0.05, 0.1) is 11.0 Å². The standard InChI is InChI=1S/C24H48N2O3.3C2H6/c1-9-23(10-2,22(28)26-20(7)8)16-18-29-24(11-3,12-4)15-17-25-21(27)14-13-19(5)6;3*1-2/h19-20H,9-18H2,1-8H3,(H,25,27)(H,26,28);3*1-2H3. The Morgan fingerprint density at radius 3 is 1.63 bits per heavy atom. The van der Waals surface area contributed by atoms with E-state index in [9.17, 15) is 9.59 Å². The summed E-state index contributed by atoms with van der Waals surface area (Å²) >= 11 is 0. The lowest BCUT2D eigenvalue weighted by molar-refractivity contribution is -0.135. The first-order valence-corrected chi connectivity index (χ1v) is 14.8. The van der Waals surface area contributed by atoms with Crippen LogP contribution in [0.4, 0.5) is 0 Å². The van der Waals surface area contributed by atoms with Gasteiger partial charge in [0.15, 0.2) is 0 Å². The zero-order valence-electron chi connectivity index (χ0n) is 26.5. The normalized spacial score (nSPS) is 10.9. The van der Waals surface area contributed by atoms with Crippen molar-refractivity contribution < 1.29 is 14.3 Å². The van der Waals surface area contributed by atoms with Crippen molar-refractivity contribution >= 4 is 11.8 Å². The van der Waals surface area contributed by atoms with E-state index in [0.29, 0.717) is 25.5 Å². The van der Waals surface area contributed by atoms with Gasteiger partial charge in [-0.1, -0.05) is 83.1 Å². The van der Waals surface area contributed by atoms with Crippen LogP contribution in [0.2, 0.25) is 0 Å². The molecule has 35 heavy (non-hydrogen) atoms. The van der Waals surface area contributed by atoms with Gasteiger partial charge in [-0.25, -0.2) is 0 Å². The zero-order valence-corrected chi connectivity index (χ0v) is 26.5.